The summed E-state index contributed by atoms with van der Waals surface area (Å²) in [4.78, 5) is 10.8. The van der Waals surface area contributed by atoms with Crippen LogP contribution in [0.4, 0.5) is 0 Å². The molecule has 0 bridgehead atoms. The summed E-state index contributed by atoms with van der Waals surface area (Å²) in [6.45, 7) is 0. The van der Waals surface area contributed by atoms with E-state index in [1.54, 1.807) is 12.2 Å². The van der Waals surface area contributed by atoms with Crippen LogP contribution in [0.3, 0.4) is 0 Å². The average molecular weight is 179 g/mol. The Morgan fingerprint density at radius 1 is 1.69 bits per heavy atom. The number of carboxylic acids is 1. The van der Waals surface area contributed by atoms with Crippen LogP contribution in [0.25, 0.3) is 0 Å². The van der Waals surface area contributed by atoms with Crippen LogP contribution in [0, 0.1) is 17.2 Å². The van der Waals surface area contributed by atoms with Gasteiger partial charge < -0.3 is 9.84 Å². The summed E-state index contributed by atoms with van der Waals surface area (Å²) < 4.78 is 4.92. The maximum absolute atomic E-state index is 10.8. The number of rotatable bonds is 2. The lowest BCUT2D eigenvalue weighted by atomic mass is 9.85. The van der Waals surface area contributed by atoms with Gasteiger partial charge in [-0.25, -0.2) is 0 Å². The van der Waals surface area contributed by atoms with Gasteiger partial charge in [-0.3, -0.25) is 4.79 Å². The van der Waals surface area contributed by atoms with Crippen LogP contribution < -0.4 is 0 Å². The maximum Gasteiger partial charge on any atom is 0.314 e. The van der Waals surface area contributed by atoms with Crippen molar-refractivity contribution in [2.24, 2.45) is 5.92 Å². The average Bonchev–Trinajstić information content (AvgIpc) is 2.17. The molecule has 1 N–H and O–H groups in total. The molecule has 68 valence electrons. The molecule has 1 aliphatic carbocycles. The summed E-state index contributed by atoms with van der Waals surface area (Å²) in [6, 6.07) is 1.86. The molecule has 2 unspecified atom stereocenters. The lowest BCUT2D eigenvalue weighted by Gasteiger charge is -2.27. The van der Waals surface area contributed by atoms with Crippen molar-refractivity contribution in [3.05, 3.63) is 24.3 Å². The molecular formula is C9H9NO3. The van der Waals surface area contributed by atoms with Crippen molar-refractivity contribution in [3.63, 3.8) is 0 Å². The van der Waals surface area contributed by atoms with Crippen LogP contribution in [0.15, 0.2) is 24.3 Å². The molecule has 4 heteroatoms. The van der Waals surface area contributed by atoms with Gasteiger partial charge >= 0.3 is 5.97 Å². The fourth-order valence-corrected chi connectivity index (χ4v) is 1.23. The fourth-order valence-electron chi connectivity index (χ4n) is 1.23. The van der Waals surface area contributed by atoms with Gasteiger partial charge in [-0.2, -0.15) is 5.26 Å². The van der Waals surface area contributed by atoms with Gasteiger partial charge in [-0.1, -0.05) is 18.2 Å². The quantitative estimate of drug-likeness (QED) is 0.678. The maximum atomic E-state index is 10.8. The van der Waals surface area contributed by atoms with Gasteiger partial charge in [-0.15, -0.1) is 0 Å². The largest absolute Gasteiger partial charge is 0.481 e. The number of carboxylic acid groups (broad SMARTS) is 1. The van der Waals surface area contributed by atoms with E-state index >= 15 is 0 Å². The Morgan fingerprint density at radius 3 is 2.77 bits per heavy atom. The first-order valence-electron chi connectivity index (χ1n) is 3.71. The summed E-state index contributed by atoms with van der Waals surface area (Å²) in [5.74, 6) is -2.00. The second-order valence-electron chi connectivity index (χ2n) is 2.67. The Labute approximate surface area is 75.7 Å². The highest BCUT2D eigenvalue weighted by Gasteiger charge is 2.41. The molecule has 0 radical (unpaired) electrons. The second-order valence-corrected chi connectivity index (χ2v) is 2.67. The Kier molecular flexibility index (Phi) is 2.49. The molecule has 0 saturated carbocycles. The van der Waals surface area contributed by atoms with E-state index in [9.17, 15) is 4.79 Å². The van der Waals surface area contributed by atoms with E-state index < -0.39 is 17.5 Å². The van der Waals surface area contributed by atoms with Crippen LogP contribution in [0.2, 0.25) is 0 Å². The molecular weight excluding hydrogens is 170 g/mol. The zero-order valence-electron chi connectivity index (χ0n) is 7.10. The third-order valence-electron chi connectivity index (χ3n) is 2.00. The van der Waals surface area contributed by atoms with E-state index in [-0.39, 0.29) is 0 Å². The van der Waals surface area contributed by atoms with Crippen molar-refractivity contribution in [2.75, 3.05) is 7.11 Å². The predicted octanol–water partition coefficient (Wildman–Crippen LogP) is 0.722. The fraction of sp³-hybridized carbons (Fsp3) is 0.333. The highest BCUT2D eigenvalue weighted by atomic mass is 16.5. The Balaban J connectivity index is 3.07. The number of hydrogen-bond acceptors (Lipinski definition) is 3. The van der Waals surface area contributed by atoms with Gasteiger partial charge in [0.15, 0.2) is 5.60 Å². The molecule has 0 spiro atoms. The number of ether oxygens (including phenoxy) is 1. The minimum atomic E-state index is -1.36. The highest BCUT2D eigenvalue weighted by Crippen LogP contribution is 2.27. The number of allylic oxidation sites excluding steroid dienone is 2. The lowest BCUT2D eigenvalue weighted by molar-refractivity contribution is -0.145. The van der Waals surface area contributed by atoms with Crippen molar-refractivity contribution in [1.29, 1.82) is 5.26 Å². The van der Waals surface area contributed by atoms with Crippen molar-refractivity contribution in [3.8, 4) is 6.07 Å². The van der Waals surface area contributed by atoms with Gasteiger partial charge in [0.2, 0.25) is 0 Å². The summed E-state index contributed by atoms with van der Waals surface area (Å²) in [5, 5.41) is 17.7. The molecule has 0 aliphatic heterocycles. The molecule has 0 aromatic heterocycles. The molecule has 0 aromatic rings. The second kappa shape index (κ2) is 3.42. The van der Waals surface area contributed by atoms with Gasteiger partial charge in [0.25, 0.3) is 0 Å². The lowest BCUT2D eigenvalue weighted by Crippen LogP contribution is -2.41. The number of aliphatic carboxylic acids is 1. The van der Waals surface area contributed by atoms with E-state index in [0.29, 0.717) is 0 Å². The normalized spacial score (nSPS) is 31.2. The van der Waals surface area contributed by atoms with Crippen molar-refractivity contribution in [2.45, 2.75) is 5.60 Å². The van der Waals surface area contributed by atoms with E-state index in [4.69, 9.17) is 15.1 Å². The molecule has 0 amide bonds. The topological polar surface area (TPSA) is 70.3 Å². The zero-order valence-corrected chi connectivity index (χ0v) is 7.10. The van der Waals surface area contributed by atoms with E-state index in [0.717, 1.165) is 0 Å². The van der Waals surface area contributed by atoms with E-state index in [1.807, 2.05) is 6.07 Å². The molecule has 2 atom stereocenters. The molecule has 0 heterocycles. The number of hydrogen-bond donors (Lipinski definition) is 1. The third-order valence-corrected chi connectivity index (χ3v) is 2.00. The van der Waals surface area contributed by atoms with Crippen LogP contribution in [0.5, 0.6) is 0 Å². The number of nitrogens with zero attached hydrogens (tertiary/aromatic N) is 1. The Morgan fingerprint density at radius 2 is 2.38 bits per heavy atom. The van der Waals surface area contributed by atoms with Gasteiger partial charge in [-0.05, 0) is 6.08 Å². The number of nitriles is 1. The molecule has 1 aliphatic rings. The molecule has 13 heavy (non-hydrogen) atoms. The van der Waals surface area contributed by atoms with Gasteiger partial charge in [0, 0.05) is 7.11 Å². The molecule has 0 saturated heterocycles. The predicted molar refractivity (Wildman–Crippen MR) is 44.8 cm³/mol. The van der Waals surface area contributed by atoms with Gasteiger partial charge in [0.1, 0.15) is 12.0 Å². The first-order valence-corrected chi connectivity index (χ1v) is 3.71. The monoisotopic (exact) mass is 179 g/mol. The standard InChI is InChI=1S/C9H9NO3/c1-13-9(6-10)5-3-2-4-7(9)8(11)12/h2-5,7H,1H3,(H,11,12). The van der Waals surface area contributed by atoms with Crippen LogP contribution in [0.1, 0.15) is 0 Å². The number of carbonyl (C=O) groups is 1. The van der Waals surface area contributed by atoms with Crippen LogP contribution in [-0.2, 0) is 9.53 Å². The van der Waals surface area contributed by atoms with E-state index in [2.05, 4.69) is 0 Å². The SMILES string of the molecule is COC1(C#N)C=CC=CC1C(=O)O. The highest BCUT2D eigenvalue weighted by molar-refractivity contribution is 5.76. The van der Waals surface area contributed by atoms with Crippen LogP contribution in [-0.4, -0.2) is 23.8 Å². The smallest absolute Gasteiger partial charge is 0.314 e. The molecule has 0 fully saturated rings. The van der Waals surface area contributed by atoms with Crippen LogP contribution >= 0.6 is 0 Å². The minimum absolute atomic E-state index is 0.938. The van der Waals surface area contributed by atoms with Crippen molar-refractivity contribution in [1.82, 2.24) is 0 Å². The molecule has 4 nitrogen and oxygen atoms in total. The van der Waals surface area contributed by atoms with Gasteiger partial charge in [0.05, 0.1) is 0 Å². The Bertz CT molecular complexity index is 313. The summed E-state index contributed by atoms with van der Waals surface area (Å²) in [5.41, 5.74) is -1.36. The summed E-state index contributed by atoms with van der Waals surface area (Å²) >= 11 is 0. The first-order chi connectivity index (χ1) is 6.16. The summed E-state index contributed by atoms with van der Waals surface area (Å²) in [6.07, 6.45) is 6.08. The van der Waals surface area contributed by atoms with Crippen molar-refractivity contribution < 1.29 is 14.6 Å². The van der Waals surface area contributed by atoms with E-state index in [1.165, 1.54) is 19.3 Å². The zero-order chi connectivity index (χ0) is 9.90. The number of methoxy groups -OCH3 is 1. The molecule has 0 aromatic carbocycles. The van der Waals surface area contributed by atoms with Crippen molar-refractivity contribution >= 4 is 5.97 Å². The minimum Gasteiger partial charge on any atom is -0.481 e. The molecule has 1 rings (SSSR count). The third kappa shape index (κ3) is 1.46. The summed E-state index contributed by atoms with van der Waals surface area (Å²) in [7, 11) is 1.32. The first kappa shape index (κ1) is 9.49. The Hall–Kier alpha value is -1.60.